The lowest BCUT2D eigenvalue weighted by Crippen LogP contribution is -2.53. The van der Waals surface area contributed by atoms with Crippen LogP contribution >= 0.6 is 11.6 Å². The van der Waals surface area contributed by atoms with Gasteiger partial charge in [0, 0.05) is 50.4 Å². The van der Waals surface area contributed by atoms with Gasteiger partial charge in [0.2, 0.25) is 15.9 Å². The molecule has 1 saturated heterocycles. The lowest BCUT2D eigenvalue weighted by molar-refractivity contribution is -0.144. The fourth-order valence-corrected chi connectivity index (χ4v) is 6.29. The zero-order chi connectivity index (χ0) is 24.4. The van der Waals surface area contributed by atoms with Gasteiger partial charge in [0.15, 0.2) is 0 Å². The number of halogens is 4. The highest BCUT2D eigenvalue weighted by molar-refractivity contribution is 7.89. The molecule has 2 fully saturated rings. The van der Waals surface area contributed by atoms with Gasteiger partial charge >= 0.3 is 6.18 Å². The summed E-state index contributed by atoms with van der Waals surface area (Å²) in [5, 5.41) is 0.0459. The summed E-state index contributed by atoms with van der Waals surface area (Å²) < 4.78 is 66.5. The van der Waals surface area contributed by atoms with Crippen molar-refractivity contribution in [1.82, 2.24) is 19.1 Å². The van der Waals surface area contributed by atoms with Crippen molar-refractivity contribution >= 4 is 27.5 Å². The van der Waals surface area contributed by atoms with E-state index in [9.17, 15) is 26.4 Å². The number of aromatic nitrogens is 1. The molecule has 1 aromatic heterocycles. The summed E-state index contributed by atoms with van der Waals surface area (Å²) in [4.78, 5) is 20.4. The second-order valence-electron chi connectivity index (χ2n) is 8.94. The van der Waals surface area contributed by atoms with Gasteiger partial charge in [-0.15, -0.1) is 0 Å². The van der Waals surface area contributed by atoms with E-state index in [4.69, 9.17) is 11.6 Å². The average Bonchev–Trinajstić information content (AvgIpc) is 2.77. The lowest BCUT2D eigenvalue weighted by Gasteiger charge is -2.40. The molecule has 2 heterocycles. The van der Waals surface area contributed by atoms with Gasteiger partial charge in [-0.25, -0.2) is 13.4 Å². The smallest absolute Gasteiger partial charge is 0.340 e. The van der Waals surface area contributed by atoms with E-state index < -0.39 is 28.8 Å². The number of piperazine rings is 1. The maximum atomic E-state index is 13.3. The second kappa shape index (κ2) is 10.5. The van der Waals surface area contributed by atoms with Crippen LogP contribution in [-0.2, 0) is 14.8 Å². The Morgan fingerprint density at radius 2 is 1.76 bits per heavy atom. The number of hydrogen-bond acceptors (Lipinski definition) is 5. The first-order valence-corrected chi connectivity index (χ1v) is 12.9. The maximum Gasteiger partial charge on any atom is 0.402 e. The molecule has 0 aromatic carbocycles. The predicted octanol–water partition coefficient (Wildman–Crippen LogP) is 3.40. The van der Waals surface area contributed by atoms with E-state index in [0.717, 1.165) is 25.4 Å². The number of sulfonamides is 1. The Hall–Kier alpha value is -1.43. The van der Waals surface area contributed by atoms with Crippen LogP contribution in [0.15, 0.2) is 23.2 Å². The molecule has 3 rings (SSSR count). The first-order valence-electron chi connectivity index (χ1n) is 11.1. The summed E-state index contributed by atoms with van der Waals surface area (Å²) in [6, 6.07) is 1.96. The van der Waals surface area contributed by atoms with Crippen LogP contribution in [0.5, 0.6) is 0 Å². The Bertz CT molecular complexity index is 912. The Morgan fingerprint density at radius 3 is 2.24 bits per heavy atom. The first kappa shape index (κ1) is 26.2. The van der Waals surface area contributed by atoms with Crippen molar-refractivity contribution in [3.05, 3.63) is 23.5 Å². The summed E-state index contributed by atoms with van der Waals surface area (Å²) in [5.41, 5.74) is 0. The maximum absolute atomic E-state index is 13.3. The van der Waals surface area contributed by atoms with Crippen LogP contribution in [-0.4, -0.2) is 84.4 Å². The van der Waals surface area contributed by atoms with Crippen molar-refractivity contribution in [2.75, 3.05) is 32.7 Å². The van der Waals surface area contributed by atoms with Gasteiger partial charge in [-0.1, -0.05) is 11.6 Å². The molecular weight excluding hydrogens is 481 g/mol. The minimum atomic E-state index is -4.70. The van der Waals surface area contributed by atoms with Crippen molar-refractivity contribution in [3.8, 4) is 0 Å². The van der Waals surface area contributed by atoms with Crippen molar-refractivity contribution in [3.63, 3.8) is 0 Å². The monoisotopic (exact) mass is 510 g/mol. The molecule has 33 heavy (non-hydrogen) atoms. The molecule has 1 aliphatic carbocycles. The molecule has 0 atom stereocenters. The number of carbonyl (C=O) groups excluding carboxylic acids is 1. The minimum absolute atomic E-state index is 0.0176. The van der Waals surface area contributed by atoms with Crippen LogP contribution < -0.4 is 0 Å². The zero-order valence-corrected chi connectivity index (χ0v) is 20.3. The standard InChI is InChI=1S/C21H30ClF3N4O3S/c1-15(2)27-9-11-28(12-10-27)20(30)16-3-5-17(6-4-16)29(14-21(23,24)25)33(31,32)18-7-8-19(22)26-13-18/h7-8,13,15-17H,3-6,9-12,14H2,1-2H3. The van der Waals surface area contributed by atoms with Crippen molar-refractivity contribution in [2.24, 2.45) is 5.92 Å². The molecule has 0 N–H and O–H groups in total. The summed E-state index contributed by atoms with van der Waals surface area (Å²) in [5.74, 6) is -0.275. The van der Waals surface area contributed by atoms with E-state index in [2.05, 4.69) is 23.7 Å². The van der Waals surface area contributed by atoms with Gasteiger partial charge in [-0.2, -0.15) is 17.5 Å². The summed E-state index contributed by atoms with van der Waals surface area (Å²) in [6.45, 7) is 5.50. The van der Waals surface area contributed by atoms with Crippen LogP contribution in [0.1, 0.15) is 39.5 Å². The minimum Gasteiger partial charge on any atom is -0.340 e. The molecule has 186 valence electrons. The van der Waals surface area contributed by atoms with Crippen LogP contribution in [0.3, 0.4) is 0 Å². The third-order valence-electron chi connectivity index (χ3n) is 6.45. The molecule has 0 radical (unpaired) electrons. The molecule has 0 spiro atoms. The molecule has 0 bridgehead atoms. The molecule has 1 aliphatic heterocycles. The highest BCUT2D eigenvalue weighted by atomic mass is 35.5. The van der Waals surface area contributed by atoms with Gasteiger partial charge in [0.25, 0.3) is 0 Å². The fourth-order valence-electron chi connectivity index (χ4n) is 4.56. The van der Waals surface area contributed by atoms with E-state index in [1.54, 1.807) is 0 Å². The van der Waals surface area contributed by atoms with E-state index in [0.29, 0.717) is 36.3 Å². The fraction of sp³-hybridized carbons (Fsp3) is 0.714. The van der Waals surface area contributed by atoms with Gasteiger partial charge in [-0.05, 0) is 51.7 Å². The van der Waals surface area contributed by atoms with Crippen molar-refractivity contribution < 1.29 is 26.4 Å². The third kappa shape index (κ3) is 6.58. The van der Waals surface area contributed by atoms with E-state index in [1.807, 2.05) is 4.90 Å². The molecule has 2 aliphatic rings. The van der Waals surface area contributed by atoms with Crippen molar-refractivity contribution in [1.29, 1.82) is 0 Å². The highest BCUT2D eigenvalue weighted by Crippen LogP contribution is 2.34. The number of pyridine rings is 1. The molecule has 7 nitrogen and oxygen atoms in total. The van der Waals surface area contributed by atoms with E-state index in [-0.39, 0.29) is 34.7 Å². The summed E-state index contributed by atoms with van der Waals surface area (Å²) in [6.07, 6.45) is -2.63. The Labute approximate surface area is 197 Å². The van der Waals surface area contributed by atoms with Gasteiger partial charge in [-0.3, -0.25) is 9.69 Å². The Morgan fingerprint density at radius 1 is 1.15 bits per heavy atom. The first-order chi connectivity index (χ1) is 15.4. The number of hydrogen-bond donors (Lipinski definition) is 0. The Balaban J connectivity index is 1.67. The van der Waals surface area contributed by atoms with Crippen LogP contribution in [0.25, 0.3) is 0 Å². The molecule has 1 saturated carbocycles. The summed E-state index contributed by atoms with van der Waals surface area (Å²) >= 11 is 5.69. The normalized spacial score (nSPS) is 23.3. The average molecular weight is 511 g/mol. The van der Waals surface area contributed by atoms with Crippen molar-refractivity contribution in [2.45, 2.75) is 62.7 Å². The molecule has 0 unspecified atom stereocenters. The van der Waals surface area contributed by atoms with Gasteiger partial charge < -0.3 is 4.90 Å². The second-order valence-corrected chi connectivity index (χ2v) is 11.2. The topological polar surface area (TPSA) is 73.8 Å². The zero-order valence-electron chi connectivity index (χ0n) is 18.8. The van der Waals surface area contributed by atoms with Gasteiger partial charge in [0.05, 0.1) is 0 Å². The predicted molar refractivity (Wildman–Crippen MR) is 118 cm³/mol. The van der Waals surface area contributed by atoms with Crippen LogP contribution in [0.2, 0.25) is 5.15 Å². The van der Waals surface area contributed by atoms with Crippen LogP contribution in [0.4, 0.5) is 13.2 Å². The molecular formula is C21H30ClF3N4O3S. The quantitative estimate of drug-likeness (QED) is 0.548. The highest BCUT2D eigenvalue weighted by Gasteiger charge is 2.43. The van der Waals surface area contributed by atoms with E-state index in [1.165, 1.54) is 6.07 Å². The number of rotatable bonds is 6. The molecule has 1 aromatic rings. The van der Waals surface area contributed by atoms with Gasteiger partial charge in [0.1, 0.15) is 16.6 Å². The lowest BCUT2D eigenvalue weighted by atomic mass is 9.85. The largest absolute Gasteiger partial charge is 0.402 e. The Kier molecular flexibility index (Phi) is 8.29. The van der Waals surface area contributed by atoms with E-state index >= 15 is 0 Å². The molecule has 1 amide bonds. The van der Waals surface area contributed by atoms with Crippen LogP contribution in [0, 0.1) is 5.92 Å². The summed E-state index contributed by atoms with van der Waals surface area (Å²) in [7, 11) is -4.43. The molecule has 12 heteroatoms. The number of alkyl halides is 3. The third-order valence-corrected chi connectivity index (χ3v) is 8.56. The number of amides is 1. The number of carbonyl (C=O) groups is 1. The number of nitrogens with zero attached hydrogens (tertiary/aromatic N) is 4. The SMILES string of the molecule is CC(C)N1CCN(C(=O)C2CCC(N(CC(F)(F)F)S(=O)(=O)c3ccc(Cl)nc3)CC2)CC1.